The van der Waals surface area contributed by atoms with Crippen LogP contribution in [-0.4, -0.2) is 32.6 Å². The van der Waals surface area contributed by atoms with Crippen LogP contribution in [0.1, 0.15) is 49.1 Å². The molecule has 0 bridgehead atoms. The maximum atomic E-state index is 15.2. The van der Waals surface area contributed by atoms with Crippen molar-refractivity contribution >= 4 is 34.9 Å². The van der Waals surface area contributed by atoms with Gasteiger partial charge in [-0.05, 0) is 38.0 Å². The highest BCUT2D eigenvalue weighted by Gasteiger charge is 2.32. The number of aromatic nitrogens is 2. The summed E-state index contributed by atoms with van der Waals surface area (Å²) in [5.41, 5.74) is -1.28. The summed E-state index contributed by atoms with van der Waals surface area (Å²) in [5.74, 6) is -2.90. The van der Waals surface area contributed by atoms with Gasteiger partial charge in [0.1, 0.15) is 29.1 Å². The molecule has 2 aromatic heterocycles. The molecule has 1 unspecified atom stereocenters. The quantitative estimate of drug-likeness (QED) is 0.201. The zero-order valence-electron chi connectivity index (χ0n) is 19.9. The van der Waals surface area contributed by atoms with Crippen LogP contribution in [0.3, 0.4) is 0 Å². The number of rotatable bonds is 8. The molecule has 1 aromatic carbocycles. The lowest BCUT2D eigenvalue weighted by Crippen LogP contribution is -2.41. The number of benzene rings is 1. The van der Waals surface area contributed by atoms with E-state index in [9.17, 15) is 28.8 Å². The fourth-order valence-electron chi connectivity index (χ4n) is 4.31. The van der Waals surface area contributed by atoms with Gasteiger partial charge in [-0.15, -0.1) is 0 Å². The molecule has 0 aliphatic carbocycles. The summed E-state index contributed by atoms with van der Waals surface area (Å²) < 4.78 is 35.6. The van der Waals surface area contributed by atoms with Crippen LogP contribution < -0.4 is 10.9 Å². The molecule has 13 heteroatoms. The van der Waals surface area contributed by atoms with E-state index in [1.165, 1.54) is 31.4 Å². The Bertz CT molecular complexity index is 1530. The molecular weight excluding hydrogens is 514 g/mol. The number of hydrogen-bond donors (Lipinski definition) is 2. The first-order valence-electron chi connectivity index (χ1n) is 11.0. The van der Waals surface area contributed by atoms with Crippen molar-refractivity contribution in [2.24, 2.45) is 5.18 Å². The van der Waals surface area contributed by atoms with Gasteiger partial charge in [0.2, 0.25) is 0 Å². The average molecular weight is 535 g/mol. The number of ether oxygens (including phenoxy) is 1. The van der Waals surface area contributed by atoms with E-state index >= 15 is 4.39 Å². The van der Waals surface area contributed by atoms with Crippen molar-refractivity contribution in [3.05, 3.63) is 66.3 Å². The lowest BCUT2D eigenvalue weighted by molar-refractivity contribution is -0.136. The third kappa shape index (κ3) is 4.46. The lowest BCUT2D eigenvalue weighted by atomic mass is 9.98. The Balaban J connectivity index is 2.00. The van der Waals surface area contributed by atoms with Gasteiger partial charge in [0.15, 0.2) is 5.82 Å². The SMILES string of the molecule is CC(N=O)c1cc2n(c(=O)c1COC=O)Cc1c-2nc2cc(F)c(Cl)c(F)c2c1CNC(=O)C(C)(C)O. The largest absolute Gasteiger partial charge is 0.463 e. The standard InChI is InChI=1S/C24H21ClF2N4O6/c1-10(30-36)11-4-17-21-13(7-31(17)22(33)14(11)8-37-9-32)12(6-28-23(34)24(2,3)35)18-16(29-21)5-15(26)19(25)20(18)27/h4-5,9-10,35H,6-8H2,1-3H3,(H,28,34). The van der Waals surface area contributed by atoms with Gasteiger partial charge in [-0.25, -0.2) is 13.8 Å². The summed E-state index contributed by atoms with van der Waals surface area (Å²) in [6.45, 7) is 3.33. The highest BCUT2D eigenvalue weighted by atomic mass is 35.5. The second kappa shape index (κ2) is 9.60. The summed E-state index contributed by atoms with van der Waals surface area (Å²) in [4.78, 5) is 52.2. The summed E-state index contributed by atoms with van der Waals surface area (Å²) in [7, 11) is 0. The maximum Gasteiger partial charge on any atom is 0.293 e. The number of nitroso groups, excluding NO2 is 1. The number of fused-ring (bicyclic) bond motifs is 4. The van der Waals surface area contributed by atoms with Crippen molar-refractivity contribution in [1.29, 1.82) is 0 Å². The van der Waals surface area contributed by atoms with Crippen molar-refractivity contribution in [2.45, 2.75) is 52.1 Å². The number of hydrogen-bond acceptors (Lipinski definition) is 8. The summed E-state index contributed by atoms with van der Waals surface area (Å²) in [6, 6.07) is 1.45. The summed E-state index contributed by atoms with van der Waals surface area (Å²) in [6.07, 6.45) is 0. The van der Waals surface area contributed by atoms with Crippen LogP contribution in [0.2, 0.25) is 5.02 Å². The van der Waals surface area contributed by atoms with E-state index in [-0.39, 0.29) is 58.5 Å². The Morgan fingerprint density at radius 2 is 2.08 bits per heavy atom. The molecule has 1 aliphatic rings. The number of amides is 1. The predicted molar refractivity (Wildman–Crippen MR) is 129 cm³/mol. The predicted octanol–water partition coefficient (Wildman–Crippen LogP) is 3.24. The van der Waals surface area contributed by atoms with E-state index in [1.807, 2.05) is 0 Å². The molecule has 4 rings (SSSR count). The van der Waals surface area contributed by atoms with Gasteiger partial charge in [0, 0.05) is 23.6 Å². The Morgan fingerprint density at radius 1 is 1.38 bits per heavy atom. The van der Waals surface area contributed by atoms with Crippen molar-refractivity contribution < 1.29 is 28.2 Å². The van der Waals surface area contributed by atoms with Crippen molar-refractivity contribution in [3.63, 3.8) is 0 Å². The van der Waals surface area contributed by atoms with Crippen molar-refractivity contribution in [3.8, 4) is 11.4 Å². The highest BCUT2D eigenvalue weighted by molar-refractivity contribution is 6.31. The van der Waals surface area contributed by atoms with E-state index in [4.69, 9.17) is 16.3 Å². The molecule has 1 amide bonds. The monoisotopic (exact) mass is 534 g/mol. The van der Waals surface area contributed by atoms with Crippen LogP contribution in [0.5, 0.6) is 0 Å². The molecule has 0 spiro atoms. The fraction of sp³-hybridized carbons (Fsp3) is 0.333. The molecule has 10 nitrogen and oxygen atoms in total. The molecule has 2 N–H and O–H groups in total. The van der Waals surface area contributed by atoms with Gasteiger partial charge in [0.25, 0.3) is 17.9 Å². The Hall–Kier alpha value is -3.77. The first-order valence-corrected chi connectivity index (χ1v) is 11.4. The second-order valence-corrected chi connectivity index (χ2v) is 9.46. The molecule has 1 atom stereocenters. The van der Waals surface area contributed by atoms with Gasteiger partial charge in [-0.1, -0.05) is 16.8 Å². The van der Waals surface area contributed by atoms with E-state index < -0.39 is 46.4 Å². The maximum absolute atomic E-state index is 15.2. The average Bonchev–Trinajstić information content (AvgIpc) is 3.22. The molecular formula is C24H21ClF2N4O6. The van der Waals surface area contributed by atoms with Gasteiger partial charge in [-0.3, -0.25) is 14.4 Å². The van der Waals surface area contributed by atoms with Crippen LogP contribution in [0.15, 0.2) is 22.1 Å². The number of halogens is 3. The third-order valence-electron chi connectivity index (χ3n) is 6.20. The van der Waals surface area contributed by atoms with E-state index in [2.05, 4.69) is 15.5 Å². The zero-order chi connectivity index (χ0) is 27.2. The van der Waals surface area contributed by atoms with Gasteiger partial charge >= 0.3 is 0 Å². The van der Waals surface area contributed by atoms with Crippen LogP contribution in [0, 0.1) is 16.5 Å². The number of carbonyl (C=O) groups is 2. The second-order valence-electron chi connectivity index (χ2n) is 9.08. The number of pyridine rings is 2. The fourth-order valence-corrected chi connectivity index (χ4v) is 4.46. The lowest BCUT2D eigenvalue weighted by Gasteiger charge is -2.19. The third-order valence-corrected chi connectivity index (χ3v) is 6.55. The van der Waals surface area contributed by atoms with Crippen LogP contribution in [0.4, 0.5) is 8.78 Å². The molecule has 3 aromatic rings. The van der Waals surface area contributed by atoms with Gasteiger partial charge in [0.05, 0.1) is 29.0 Å². The molecule has 3 heterocycles. The molecule has 194 valence electrons. The van der Waals surface area contributed by atoms with Gasteiger partial charge < -0.3 is 19.7 Å². The van der Waals surface area contributed by atoms with Crippen molar-refractivity contribution in [1.82, 2.24) is 14.9 Å². The van der Waals surface area contributed by atoms with E-state index in [1.54, 1.807) is 0 Å². The Kier molecular flexibility index (Phi) is 6.82. The van der Waals surface area contributed by atoms with Gasteiger partial charge in [-0.2, -0.15) is 4.91 Å². The number of nitrogens with one attached hydrogen (secondary N) is 1. The highest BCUT2D eigenvalue weighted by Crippen LogP contribution is 2.39. The molecule has 0 fully saturated rings. The summed E-state index contributed by atoms with van der Waals surface area (Å²) in [5, 5.41) is 14.6. The first kappa shape index (κ1) is 26.3. The molecule has 0 radical (unpaired) electrons. The van der Waals surface area contributed by atoms with Crippen LogP contribution in [-0.2, 0) is 34.0 Å². The number of nitrogens with zero attached hydrogens (tertiary/aromatic N) is 3. The Morgan fingerprint density at radius 3 is 2.70 bits per heavy atom. The molecule has 0 saturated heterocycles. The van der Waals surface area contributed by atoms with Crippen LogP contribution in [0.25, 0.3) is 22.3 Å². The minimum atomic E-state index is -1.74. The minimum Gasteiger partial charge on any atom is -0.463 e. The first-order chi connectivity index (χ1) is 17.4. The van der Waals surface area contributed by atoms with E-state index in [0.717, 1.165) is 6.07 Å². The topological polar surface area (TPSA) is 140 Å². The molecule has 0 saturated carbocycles. The smallest absolute Gasteiger partial charge is 0.293 e. The normalized spacial score (nSPS) is 13.2. The zero-order valence-corrected chi connectivity index (χ0v) is 20.7. The molecule has 37 heavy (non-hydrogen) atoms. The van der Waals surface area contributed by atoms with Crippen molar-refractivity contribution in [2.75, 3.05) is 0 Å². The minimum absolute atomic E-state index is 0.0254. The van der Waals surface area contributed by atoms with E-state index in [0.29, 0.717) is 5.56 Å². The van der Waals surface area contributed by atoms with Crippen LogP contribution >= 0.6 is 11.6 Å². The Labute approximate surface area is 213 Å². The number of aliphatic hydroxyl groups is 1. The molecule has 1 aliphatic heterocycles. The number of carbonyl (C=O) groups excluding carboxylic acids is 2. The summed E-state index contributed by atoms with van der Waals surface area (Å²) >= 11 is 5.83.